The summed E-state index contributed by atoms with van der Waals surface area (Å²) in [6, 6.07) is 5.02. The Morgan fingerprint density at radius 1 is 1.38 bits per heavy atom. The molecule has 0 fully saturated rings. The maximum atomic E-state index is 13.5. The van der Waals surface area contributed by atoms with Crippen LogP contribution in [0.1, 0.15) is 32.3 Å². The number of nitrogens with one attached hydrogen (secondary N) is 1. The number of aliphatic hydroxyl groups is 1. The second-order valence-corrected chi connectivity index (χ2v) is 6.65. The second kappa shape index (κ2) is 6.98. The third-order valence-corrected chi connectivity index (χ3v) is 5.29. The van der Waals surface area contributed by atoms with E-state index in [9.17, 15) is 17.9 Å². The van der Waals surface area contributed by atoms with Gasteiger partial charge in [-0.15, -0.1) is 0 Å². The first-order valence-corrected chi connectivity index (χ1v) is 8.13. The summed E-state index contributed by atoms with van der Waals surface area (Å²) in [5.74, 6) is -0.875. The monoisotopic (exact) mass is 314 g/mol. The van der Waals surface area contributed by atoms with E-state index >= 15 is 0 Å². The quantitative estimate of drug-likeness (QED) is 0.802. The van der Waals surface area contributed by atoms with Gasteiger partial charge in [0, 0.05) is 18.6 Å². The molecule has 0 saturated heterocycles. The topological polar surface area (TPSA) is 90.2 Å². The third kappa shape index (κ3) is 3.79. The number of nitriles is 1. The Balaban J connectivity index is 3.09. The van der Waals surface area contributed by atoms with Gasteiger partial charge in [-0.2, -0.15) is 5.26 Å². The third-order valence-electron chi connectivity index (χ3n) is 3.85. The van der Waals surface area contributed by atoms with E-state index in [0.29, 0.717) is 12.8 Å². The Bertz CT molecular complexity index is 626. The van der Waals surface area contributed by atoms with Crippen molar-refractivity contribution in [3.8, 4) is 6.07 Å². The SMILES string of the molecule is CCC(CC)(CO)CNS(=O)(=O)c1cccc(F)c1C#N. The highest BCUT2D eigenvalue weighted by Gasteiger charge is 2.29. The number of halogens is 1. The van der Waals surface area contributed by atoms with Crippen LogP contribution in [-0.4, -0.2) is 26.7 Å². The normalized spacial score (nSPS) is 12.1. The van der Waals surface area contributed by atoms with Crippen LogP contribution >= 0.6 is 0 Å². The lowest BCUT2D eigenvalue weighted by atomic mass is 9.84. The van der Waals surface area contributed by atoms with Gasteiger partial charge in [0.2, 0.25) is 10.0 Å². The van der Waals surface area contributed by atoms with Crippen molar-refractivity contribution in [2.45, 2.75) is 31.6 Å². The van der Waals surface area contributed by atoms with Gasteiger partial charge in [0.25, 0.3) is 0 Å². The van der Waals surface area contributed by atoms with E-state index in [1.165, 1.54) is 12.1 Å². The van der Waals surface area contributed by atoms with Crippen molar-refractivity contribution in [2.24, 2.45) is 5.41 Å². The van der Waals surface area contributed by atoms with Crippen molar-refractivity contribution in [1.82, 2.24) is 4.72 Å². The van der Waals surface area contributed by atoms with Crippen molar-refractivity contribution in [3.63, 3.8) is 0 Å². The molecule has 2 N–H and O–H groups in total. The van der Waals surface area contributed by atoms with E-state index in [4.69, 9.17) is 5.26 Å². The molecule has 0 unspecified atom stereocenters. The molecular formula is C14H19FN2O3S. The minimum Gasteiger partial charge on any atom is -0.396 e. The summed E-state index contributed by atoms with van der Waals surface area (Å²) in [7, 11) is -4.01. The van der Waals surface area contributed by atoms with Crippen molar-refractivity contribution in [1.29, 1.82) is 5.26 Å². The highest BCUT2D eigenvalue weighted by atomic mass is 32.2. The number of rotatable bonds is 7. The van der Waals surface area contributed by atoms with Crippen LogP contribution in [0.2, 0.25) is 0 Å². The molecular weight excluding hydrogens is 295 g/mol. The highest BCUT2D eigenvalue weighted by Crippen LogP contribution is 2.26. The van der Waals surface area contributed by atoms with Crippen molar-refractivity contribution in [2.75, 3.05) is 13.2 Å². The molecule has 0 amide bonds. The molecule has 0 radical (unpaired) electrons. The fourth-order valence-electron chi connectivity index (χ4n) is 1.94. The zero-order valence-corrected chi connectivity index (χ0v) is 12.9. The number of nitrogens with zero attached hydrogens (tertiary/aromatic N) is 1. The lowest BCUT2D eigenvalue weighted by molar-refractivity contribution is 0.119. The Labute approximate surface area is 124 Å². The predicted molar refractivity (Wildman–Crippen MR) is 76.4 cm³/mol. The molecule has 116 valence electrons. The van der Waals surface area contributed by atoms with Crippen LogP contribution in [0, 0.1) is 22.6 Å². The van der Waals surface area contributed by atoms with Crippen LogP contribution in [0.4, 0.5) is 4.39 Å². The number of hydrogen-bond acceptors (Lipinski definition) is 4. The molecule has 0 spiro atoms. The standard InChI is InChI=1S/C14H19FN2O3S/c1-3-14(4-2,10-18)9-17-21(19,20)13-7-5-6-12(15)11(13)8-16/h5-7,17-18H,3-4,9-10H2,1-2H3. The van der Waals surface area contributed by atoms with Gasteiger partial charge in [0.1, 0.15) is 22.3 Å². The predicted octanol–water partition coefficient (Wildman–Crippen LogP) is 1.77. The molecule has 0 bridgehead atoms. The molecule has 1 aromatic carbocycles. The van der Waals surface area contributed by atoms with Crippen LogP contribution in [0.3, 0.4) is 0 Å². The summed E-state index contributed by atoms with van der Waals surface area (Å²) in [6.45, 7) is 3.59. The minimum atomic E-state index is -4.01. The van der Waals surface area contributed by atoms with E-state index in [-0.39, 0.29) is 18.0 Å². The molecule has 0 aliphatic carbocycles. The van der Waals surface area contributed by atoms with Gasteiger partial charge >= 0.3 is 0 Å². The average molecular weight is 314 g/mol. The van der Waals surface area contributed by atoms with Gasteiger partial charge < -0.3 is 5.11 Å². The number of hydrogen-bond donors (Lipinski definition) is 2. The van der Waals surface area contributed by atoms with Crippen molar-refractivity contribution >= 4 is 10.0 Å². The van der Waals surface area contributed by atoms with E-state index < -0.39 is 26.8 Å². The summed E-state index contributed by atoms with van der Waals surface area (Å²) in [6.07, 6.45) is 1.19. The number of benzene rings is 1. The number of aliphatic hydroxyl groups excluding tert-OH is 1. The Kier molecular flexibility index (Phi) is 5.84. The van der Waals surface area contributed by atoms with Gasteiger partial charge in [-0.1, -0.05) is 19.9 Å². The molecule has 5 nitrogen and oxygen atoms in total. The van der Waals surface area contributed by atoms with Crippen molar-refractivity contribution in [3.05, 3.63) is 29.6 Å². The fourth-order valence-corrected chi connectivity index (χ4v) is 3.26. The molecule has 7 heteroatoms. The minimum absolute atomic E-state index is 0.0280. The van der Waals surface area contributed by atoms with E-state index in [1.54, 1.807) is 6.07 Å². The zero-order valence-electron chi connectivity index (χ0n) is 12.1. The van der Waals surface area contributed by atoms with E-state index in [2.05, 4.69) is 4.72 Å². The van der Waals surface area contributed by atoms with Gasteiger partial charge in [-0.25, -0.2) is 17.5 Å². The van der Waals surface area contributed by atoms with Gasteiger partial charge in [0.05, 0.1) is 0 Å². The summed E-state index contributed by atoms with van der Waals surface area (Å²) in [5, 5.41) is 18.3. The lowest BCUT2D eigenvalue weighted by Gasteiger charge is -2.29. The summed E-state index contributed by atoms with van der Waals surface area (Å²) >= 11 is 0. The van der Waals surface area contributed by atoms with Crippen LogP contribution < -0.4 is 4.72 Å². The summed E-state index contributed by atoms with van der Waals surface area (Å²) in [5.41, 5.74) is -1.07. The van der Waals surface area contributed by atoms with Crippen LogP contribution in [0.15, 0.2) is 23.1 Å². The lowest BCUT2D eigenvalue weighted by Crippen LogP contribution is -2.39. The molecule has 1 aromatic rings. The summed E-state index contributed by atoms with van der Waals surface area (Å²) < 4.78 is 40.4. The molecule has 0 aliphatic heterocycles. The largest absolute Gasteiger partial charge is 0.396 e. The fraction of sp³-hybridized carbons (Fsp3) is 0.500. The van der Waals surface area contributed by atoms with Crippen LogP contribution in [0.25, 0.3) is 0 Å². The molecule has 0 aliphatic rings. The van der Waals surface area contributed by atoms with Crippen LogP contribution in [-0.2, 0) is 10.0 Å². The molecule has 21 heavy (non-hydrogen) atoms. The average Bonchev–Trinajstić information content (AvgIpc) is 2.49. The Morgan fingerprint density at radius 3 is 2.48 bits per heavy atom. The summed E-state index contributed by atoms with van der Waals surface area (Å²) in [4.78, 5) is -0.385. The van der Waals surface area contributed by atoms with Crippen molar-refractivity contribution < 1.29 is 17.9 Å². The maximum Gasteiger partial charge on any atom is 0.242 e. The smallest absolute Gasteiger partial charge is 0.242 e. The molecule has 0 heterocycles. The Hall–Kier alpha value is -1.49. The van der Waals surface area contributed by atoms with E-state index in [0.717, 1.165) is 6.07 Å². The number of sulfonamides is 1. The second-order valence-electron chi connectivity index (χ2n) is 4.91. The van der Waals surface area contributed by atoms with E-state index in [1.807, 2.05) is 13.8 Å². The highest BCUT2D eigenvalue weighted by molar-refractivity contribution is 7.89. The first-order chi connectivity index (χ1) is 9.85. The molecule has 0 saturated carbocycles. The van der Waals surface area contributed by atoms with Gasteiger partial charge in [-0.05, 0) is 25.0 Å². The zero-order chi connectivity index (χ0) is 16.1. The molecule has 0 aromatic heterocycles. The Morgan fingerprint density at radius 2 is 2.00 bits per heavy atom. The van der Waals surface area contributed by atoms with Crippen LogP contribution in [0.5, 0.6) is 0 Å². The van der Waals surface area contributed by atoms with Gasteiger partial charge in [-0.3, -0.25) is 0 Å². The molecule has 1 rings (SSSR count). The maximum absolute atomic E-state index is 13.5. The molecule has 0 atom stereocenters. The first kappa shape index (κ1) is 17.6. The van der Waals surface area contributed by atoms with Gasteiger partial charge in [0.15, 0.2) is 0 Å². The first-order valence-electron chi connectivity index (χ1n) is 6.65.